The van der Waals surface area contributed by atoms with Gasteiger partial charge >= 0.3 is 4.96 Å². The molecule has 118 valence electrons. The van der Waals surface area contributed by atoms with Crippen LogP contribution < -0.4 is 23.0 Å². The summed E-state index contributed by atoms with van der Waals surface area (Å²) in [6.07, 6.45) is 0. The Morgan fingerprint density at radius 2 is 1.57 bits per heavy atom. The van der Waals surface area contributed by atoms with Crippen LogP contribution in [0.15, 0.2) is 6.07 Å². The van der Waals surface area contributed by atoms with Gasteiger partial charge in [-0.05, 0) is 30.2 Å². The van der Waals surface area contributed by atoms with E-state index in [9.17, 15) is 0 Å². The molecule has 0 aliphatic carbocycles. The van der Waals surface area contributed by atoms with Gasteiger partial charge in [-0.3, -0.25) is 0 Å². The first kappa shape index (κ1) is 18.2. The molecule has 0 bridgehead atoms. The summed E-state index contributed by atoms with van der Waals surface area (Å²) in [7, 11) is -4.94. The van der Waals surface area contributed by atoms with E-state index in [0.29, 0.717) is 0 Å². The monoisotopic (exact) mass is 334 g/mol. The lowest BCUT2D eigenvalue weighted by molar-refractivity contribution is -2.00. The number of aryl methyl sites for hydroxylation is 3. The van der Waals surface area contributed by atoms with Crippen LogP contribution in [0.5, 0.6) is 0 Å². The van der Waals surface area contributed by atoms with Crippen molar-refractivity contribution in [1.82, 2.24) is 4.98 Å². The van der Waals surface area contributed by atoms with E-state index in [1.54, 1.807) is 0 Å². The summed E-state index contributed by atoms with van der Waals surface area (Å²) in [6.45, 7) is 13.2. The zero-order valence-corrected chi connectivity index (χ0v) is 14.5. The van der Waals surface area contributed by atoms with Crippen molar-refractivity contribution in [3.05, 3.63) is 28.0 Å². The third-order valence-electron chi connectivity index (χ3n) is 2.77. The van der Waals surface area contributed by atoms with E-state index in [4.69, 9.17) is 18.6 Å². The summed E-state index contributed by atoms with van der Waals surface area (Å²) in [5, 5.41) is 0. The van der Waals surface area contributed by atoms with E-state index in [1.807, 2.05) is 11.3 Å². The molecule has 0 aromatic carbocycles. The second-order valence-corrected chi connectivity index (χ2v) is 7.53. The van der Waals surface area contributed by atoms with Crippen LogP contribution in [0.1, 0.15) is 42.7 Å². The highest BCUT2D eigenvalue weighted by Crippen LogP contribution is 2.30. The maximum Gasteiger partial charge on any atom is 0.387 e. The molecule has 6 nitrogen and oxygen atoms in total. The zero-order valence-electron chi connectivity index (χ0n) is 12.9. The van der Waals surface area contributed by atoms with Gasteiger partial charge in [0.25, 0.3) is 0 Å². The number of thiazole rings is 1. The van der Waals surface area contributed by atoms with E-state index < -0.39 is 10.2 Å². The molecule has 0 radical (unpaired) electrons. The largest absolute Gasteiger partial charge is 0.387 e. The summed E-state index contributed by atoms with van der Waals surface area (Å²) in [5.41, 5.74) is 3.89. The highest BCUT2D eigenvalue weighted by Gasteiger charge is 2.27. The number of rotatable bonds is 0. The summed E-state index contributed by atoms with van der Waals surface area (Å²) in [4.78, 5) is 7.15. The molecule has 0 saturated carbocycles. The van der Waals surface area contributed by atoms with Gasteiger partial charge < -0.3 is 0 Å². The molecule has 0 fully saturated rings. The Morgan fingerprint density at radius 3 is 2.00 bits per heavy atom. The summed E-state index contributed by atoms with van der Waals surface area (Å²) in [5.74, 6) is 0. The predicted octanol–water partition coefficient (Wildman–Crippen LogP) is -1.65. The highest BCUT2D eigenvalue weighted by atomic mass is 35.7. The van der Waals surface area contributed by atoms with Crippen molar-refractivity contribution >= 4 is 16.3 Å². The van der Waals surface area contributed by atoms with Crippen molar-refractivity contribution in [2.24, 2.45) is 0 Å². The minimum atomic E-state index is -4.94. The molecule has 21 heavy (non-hydrogen) atoms. The molecule has 2 aromatic heterocycles. The van der Waals surface area contributed by atoms with Gasteiger partial charge in [-0.2, -0.15) is 4.40 Å². The molecule has 0 N–H and O–H groups in total. The predicted molar refractivity (Wildman–Crippen MR) is 68.2 cm³/mol. The van der Waals surface area contributed by atoms with Crippen molar-refractivity contribution in [1.29, 1.82) is 0 Å². The number of halogens is 1. The highest BCUT2D eigenvalue weighted by molar-refractivity contribution is 7.16. The SMILES string of the molecule is Cc1cc(C)[n+]2c(C)c(C(C)(C)C)sc2n1.[O-][Cl+3]([O-])([O-])[O-]. The van der Waals surface area contributed by atoms with Gasteiger partial charge in [0.2, 0.25) is 0 Å². The lowest BCUT2D eigenvalue weighted by Gasteiger charge is -2.17. The van der Waals surface area contributed by atoms with Gasteiger partial charge in [0.1, 0.15) is 11.4 Å². The van der Waals surface area contributed by atoms with Crippen LogP contribution >= 0.6 is 11.3 Å². The Labute approximate surface area is 130 Å². The van der Waals surface area contributed by atoms with E-state index in [1.165, 1.54) is 16.3 Å². The first-order valence-electron chi connectivity index (χ1n) is 6.22. The normalized spacial score (nSPS) is 12.3. The van der Waals surface area contributed by atoms with Gasteiger partial charge in [0, 0.05) is 18.4 Å². The molecule has 2 heterocycles. The second-order valence-electron chi connectivity index (χ2n) is 5.80. The summed E-state index contributed by atoms with van der Waals surface area (Å²) < 4.78 is 36.2. The molecule has 0 unspecified atom stereocenters. The maximum absolute atomic E-state index is 8.49. The van der Waals surface area contributed by atoms with Crippen molar-refractivity contribution in [2.75, 3.05) is 0 Å². The number of nitrogens with zero attached hydrogens (tertiary/aromatic N) is 2. The Balaban J connectivity index is 0.000000383. The minimum absolute atomic E-state index is 0.197. The lowest BCUT2D eigenvalue weighted by atomic mass is 9.93. The molecule has 2 aromatic rings. The van der Waals surface area contributed by atoms with E-state index >= 15 is 0 Å². The molecular weight excluding hydrogens is 316 g/mol. The Bertz CT molecular complexity index is 638. The third kappa shape index (κ3) is 5.14. The topological polar surface area (TPSA) is 109 Å². The van der Waals surface area contributed by atoms with Crippen LogP contribution in [-0.2, 0) is 5.41 Å². The molecule has 0 atom stereocenters. The van der Waals surface area contributed by atoms with Gasteiger partial charge in [0.05, 0.1) is 4.88 Å². The third-order valence-corrected chi connectivity index (χ3v) is 4.34. The van der Waals surface area contributed by atoms with Gasteiger partial charge in [0.15, 0.2) is 5.69 Å². The van der Waals surface area contributed by atoms with Crippen LogP contribution in [0.3, 0.4) is 0 Å². The fourth-order valence-electron chi connectivity index (χ4n) is 2.19. The van der Waals surface area contributed by atoms with Crippen molar-refractivity contribution < 1.29 is 33.3 Å². The average Bonchev–Trinajstić information content (AvgIpc) is 2.52. The molecule has 0 aliphatic heterocycles. The van der Waals surface area contributed by atoms with Crippen LogP contribution in [0.25, 0.3) is 4.96 Å². The van der Waals surface area contributed by atoms with Crippen LogP contribution in [-0.4, -0.2) is 4.98 Å². The first-order chi connectivity index (χ1) is 9.30. The van der Waals surface area contributed by atoms with Crippen LogP contribution in [0.4, 0.5) is 0 Å². The zero-order chi connectivity index (χ0) is 16.6. The van der Waals surface area contributed by atoms with Crippen LogP contribution in [0, 0.1) is 31.0 Å². The fourth-order valence-corrected chi connectivity index (χ4v) is 3.48. The second kappa shape index (κ2) is 6.12. The van der Waals surface area contributed by atoms with E-state index in [-0.39, 0.29) is 5.41 Å². The molecule has 0 spiro atoms. The number of aromatic nitrogens is 2. The minimum Gasteiger partial charge on any atom is -0.222 e. The van der Waals surface area contributed by atoms with E-state index in [2.05, 4.69) is 57.0 Å². The van der Waals surface area contributed by atoms with Crippen LogP contribution in [0.2, 0.25) is 0 Å². The van der Waals surface area contributed by atoms with Crippen molar-refractivity contribution in [3.63, 3.8) is 0 Å². The number of fused-ring (bicyclic) bond motifs is 1. The smallest absolute Gasteiger partial charge is 0.222 e. The summed E-state index contributed by atoms with van der Waals surface area (Å²) >= 11 is 1.81. The molecule has 2 rings (SSSR count). The number of hydrogen-bond donors (Lipinski definition) is 0. The first-order valence-corrected chi connectivity index (χ1v) is 8.27. The van der Waals surface area contributed by atoms with Crippen molar-refractivity contribution in [2.45, 2.75) is 47.0 Å². The van der Waals surface area contributed by atoms with Gasteiger partial charge in [-0.1, -0.05) is 20.8 Å². The standard InChI is InChI=1S/C13H19N2S.ClHO4/c1-8-7-9(2)15-10(3)11(13(4,5)6)16-12(15)14-8;2-1(3,4)5/h7H,1-6H3;(H,2,3,4,5)/q+1;/p-1. The average molecular weight is 335 g/mol. The Hall–Kier alpha value is -0.830. The fraction of sp³-hybridized carbons (Fsp3) is 0.538. The van der Waals surface area contributed by atoms with Gasteiger partial charge in [-0.25, -0.2) is 18.6 Å². The summed E-state index contributed by atoms with van der Waals surface area (Å²) in [6, 6.07) is 2.14. The molecular formula is C13H19ClN2O4S. The quantitative estimate of drug-likeness (QED) is 0.536. The van der Waals surface area contributed by atoms with E-state index in [0.717, 1.165) is 10.7 Å². The molecule has 0 amide bonds. The van der Waals surface area contributed by atoms with Gasteiger partial charge in [-0.15, -0.1) is 10.2 Å². The maximum atomic E-state index is 8.49. The Kier molecular flexibility index (Phi) is 5.31. The molecule has 0 aliphatic rings. The van der Waals surface area contributed by atoms with Crippen molar-refractivity contribution in [3.8, 4) is 0 Å². The lowest BCUT2D eigenvalue weighted by Crippen LogP contribution is -2.68. The molecule has 0 saturated heterocycles. The number of hydrogen-bond acceptors (Lipinski definition) is 6. The molecule has 8 heteroatoms. The Morgan fingerprint density at radius 1 is 1.10 bits per heavy atom.